The minimum Gasteiger partial charge on any atom is -0.333 e. The van der Waals surface area contributed by atoms with Gasteiger partial charge in [-0.25, -0.2) is 0 Å². The molecule has 0 fully saturated rings. The highest BCUT2D eigenvalue weighted by molar-refractivity contribution is 6.30. The zero-order valence-electron chi connectivity index (χ0n) is 12.9. The molecule has 7 heteroatoms. The van der Waals surface area contributed by atoms with Crippen LogP contribution in [0.25, 0.3) is 0 Å². The highest BCUT2D eigenvalue weighted by atomic mass is 35.5. The molecule has 2 rings (SSSR count). The quantitative estimate of drug-likeness (QED) is 0.843. The summed E-state index contributed by atoms with van der Waals surface area (Å²) in [5, 5.41) is 4.91. The number of carbonyl (C=O) groups is 1. The van der Waals surface area contributed by atoms with Crippen LogP contribution in [0.3, 0.4) is 0 Å². The first-order chi connectivity index (χ1) is 11.3. The second-order valence-electron chi connectivity index (χ2n) is 5.41. The lowest BCUT2D eigenvalue weighted by atomic mass is 10.1. The fraction of sp³-hybridized carbons (Fsp3) is 0.235. The molecule has 24 heavy (non-hydrogen) atoms. The van der Waals surface area contributed by atoms with Gasteiger partial charge in [-0.1, -0.05) is 29.8 Å². The van der Waals surface area contributed by atoms with Crippen LogP contribution in [0.2, 0.25) is 5.02 Å². The summed E-state index contributed by atoms with van der Waals surface area (Å²) in [6.07, 6.45) is -4.43. The van der Waals surface area contributed by atoms with Crippen molar-refractivity contribution >= 4 is 23.2 Å². The van der Waals surface area contributed by atoms with Crippen LogP contribution < -0.4 is 10.6 Å². The third-order valence-electron chi connectivity index (χ3n) is 3.53. The number of amides is 1. The fourth-order valence-electron chi connectivity index (χ4n) is 2.17. The Morgan fingerprint density at radius 3 is 2.50 bits per heavy atom. The van der Waals surface area contributed by atoms with E-state index in [1.807, 2.05) is 19.1 Å². The van der Waals surface area contributed by atoms with E-state index in [-0.39, 0.29) is 24.2 Å². The molecule has 0 radical (unpaired) electrons. The largest absolute Gasteiger partial charge is 0.416 e. The van der Waals surface area contributed by atoms with Crippen molar-refractivity contribution in [3.05, 3.63) is 64.7 Å². The van der Waals surface area contributed by atoms with E-state index in [1.165, 1.54) is 12.1 Å². The van der Waals surface area contributed by atoms with Crippen molar-refractivity contribution in [3.8, 4) is 0 Å². The highest BCUT2D eigenvalue weighted by Gasteiger charge is 2.30. The summed E-state index contributed by atoms with van der Waals surface area (Å²) >= 11 is 5.82. The van der Waals surface area contributed by atoms with E-state index in [0.717, 1.165) is 17.7 Å². The third kappa shape index (κ3) is 5.25. The molecule has 0 aliphatic carbocycles. The molecule has 0 saturated heterocycles. The highest BCUT2D eigenvalue weighted by Crippen LogP contribution is 2.30. The number of nitrogens with one attached hydrogen (secondary N) is 1. The van der Waals surface area contributed by atoms with Crippen molar-refractivity contribution in [3.63, 3.8) is 0 Å². The van der Waals surface area contributed by atoms with Crippen LogP contribution >= 0.6 is 11.6 Å². The molecule has 1 amide bonds. The van der Waals surface area contributed by atoms with E-state index in [2.05, 4.69) is 5.32 Å². The Morgan fingerprint density at radius 1 is 1.21 bits per heavy atom. The van der Waals surface area contributed by atoms with Crippen molar-refractivity contribution in [2.45, 2.75) is 19.1 Å². The minimum atomic E-state index is -4.43. The molecular weight excluding hydrogens is 341 g/mol. The number of nitrogens with two attached hydrogens (primary N) is 1. The van der Waals surface area contributed by atoms with Gasteiger partial charge in [0.2, 0.25) is 0 Å². The van der Waals surface area contributed by atoms with E-state index < -0.39 is 11.7 Å². The maximum absolute atomic E-state index is 12.6. The lowest BCUT2D eigenvalue weighted by molar-refractivity contribution is -0.682. The standard InChI is InChI=1S/C17H16ClF3N2O/c1-11(12-5-7-14(18)8-6-12)22-10-16(24)23-15-4-2-3-13(9-15)17(19,20)21/h2-9,11,22H,10H2,1H3,(H,23,24)/p+1/t11-/m1/s1. The van der Waals surface area contributed by atoms with Gasteiger partial charge in [0, 0.05) is 16.3 Å². The van der Waals surface area contributed by atoms with Crippen molar-refractivity contribution in [1.82, 2.24) is 0 Å². The molecule has 1 atom stereocenters. The molecule has 0 aromatic heterocycles. The Bertz CT molecular complexity index is 702. The van der Waals surface area contributed by atoms with Gasteiger partial charge in [0.15, 0.2) is 6.54 Å². The lowest BCUT2D eigenvalue weighted by Crippen LogP contribution is -2.86. The van der Waals surface area contributed by atoms with E-state index in [9.17, 15) is 18.0 Å². The molecule has 0 saturated carbocycles. The number of carbonyl (C=O) groups excluding carboxylic acids is 1. The maximum atomic E-state index is 12.6. The van der Waals surface area contributed by atoms with Gasteiger partial charge in [0.1, 0.15) is 6.04 Å². The predicted octanol–water partition coefficient (Wildman–Crippen LogP) is 3.62. The lowest BCUT2D eigenvalue weighted by Gasteiger charge is -2.12. The SMILES string of the molecule is C[C@@H]([NH2+]CC(=O)Nc1cccc(C(F)(F)F)c1)c1ccc(Cl)cc1. The molecule has 0 bridgehead atoms. The number of rotatable bonds is 5. The van der Waals surface area contributed by atoms with E-state index in [4.69, 9.17) is 11.6 Å². The molecule has 2 aromatic carbocycles. The molecule has 3 nitrogen and oxygen atoms in total. The average molecular weight is 358 g/mol. The molecule has 2 aromatic rings. The van der Waals surface area contributed by atoms with Gasteiger partial charge >= 0.3 is 6.18 Å². The summed E-state index contributed by atoms with van der Waals surface area (Å²) in [6, 6.07) is 11.9. The summed E-state index contributed by atoms with van der Waals surface area (Å²) in [4.78, 5) is 11.9. The number of hydrogen-bond acceptors (Lipinski definition) is 1. The van der Waals surface area contributed by atoms with Crippen LogP contribution in [0.15, 0.2) is 48.5 Å². The van der Waals surface area contributed by atoms with Crippen LogP contribution in [0, 0.1) is 0 Å². The Hall–Kier alpha value is -2.05. The van der Waals surface area contributed by atoms with Gasteiger partial charge in [-0.3, -0.25) is 4.79 Å². The Kier molecular flexibility index (Phi) is 5.85. The fourth-order valence-corrected chi connectivity index (χ4v) is 2.30. The summed E-state index contributed by atoms with van der Waals surface area (Å²) in [5.41, 5.74) is 0.340. The first-order valence-corrected chi connectivity index (χ1v) is 7.69. The minimum absolute atomic E-state index is 0.0227. The summed E-state index contributed by atoms with van der Waals surface area (Å²) in [5.74, 6) is -0.366. The zero-order valence-corrected chi connectivity index (χ0v) is 13.7. The number of anilines is 1. The Labute approximate surface area is 142 Å². The monoisotopic (exact) mass is 357 g/mol. The summed E-state index contributed by atoms with van der Waals surface area (Å²) < 4.78 is 37.9. The topological polar surface area (TPSA) is 45.7 Å². The predicted molar refractivity (Wildman–Crippen MR) is 86.7 cm³/mol. The normalized spacial score (nSPS) is 12.7. The van der Waals surface area contributed by atoms with Gasteiger partial charge in [-0.15, -0.1) is 0 Å². The van der Waals surface area contributed by atoms with Crippen molar-refractivity contribution in [2.75, 3.05) is 11.9 Å². The average Bonchev–Trinajstić information content (AvgIpc) is 2.53. The number of benzene rings is 2. The van der Waals surface area contributed by atoms with E-state index in [1.54, 1.807) is 17.4 Å². The second-order valence-corrected chi connectivity index (χ2v) is 5.84. The Morgan fingerprint density at radius 2 is 1.88 bits per heavy atom. The number of halogens is 4. The van der Waals surface area contributed by atoms with Crippen LogP contribution in [0.1, 0.15) is 24.1 Å². The smallest absolute Gasteiger partial charge is 0.333 e. The van der Waals surface area contributed by atoms with Crippen LogP contribution in [-0.4, -0.2) is 12.5 Å². The van der Waals surface area contributed by atoms with E-state index >= 15 is 0 Å². The van der Waals surface area contributed by atoms with Crippen LogP contribution in [-0.2, 0) is 11.0 Å². The molecule has 0 heterocycles. The first kappa shape index (κ1) is 18.3. The molecule has 128 valence electrons. The van der Waals surface area contributed by atoms with Gasteiger partial charge < -0.3 is 10.6 Å². The van der Waals surface area contributed by atoms with Crippen molar-refractivity contribution < 1.29 is 23.3 Å². The molecule has 0 unspecified atom stereocenters. The number of hydrogen-bond donors (Lipinski definition) is 2. The van der Waals surface area contributed by atoms with E-state index in [0.29, 0.717) is 5.02 Å². The second kappa shape index (κ2) is 7.68. The molecule has 0 spiro atoms. The molecule has 3 N–H and O–H groups in total. The number of alkyl halides is 3. The summed E-state index contributed by atoms with van der Waals surface area (Å²) in [7, 11) is 0. The van der Waals surface area contributed by atoms with Crippen LogP contribution in [0.4, 0.5) is 18.9 Å². The summed E-state index contributed by atoms with van der Waals surface area (Å²) in [6.45, 7) is 2.03. The maximum Gasteiger partial charge on any atom is 0.416 e. The molecule has 0 aliphatic heterocycles. The van der Waals surface area contributed by atoms with Gasteiger partial charge in [0.25, 0.3) is 5.91 Å². The van der Waals surface area contributed by atoms with Crippen molar-refractivity contribution in [2.24, 2.45) is 0 Å². The molecular formula is C17H17ClF3N2O+. The van der Waals surface area contributed by atoms with Gasteiger partial charge in [-0.2, -0.15) is 13.2 Å². The molecule has 0 aliphatic rings. The van der Waals surface area contributed by atoms with Crippen molar-refractivity contribution in [1.29, 1.82) is 0 Å². The Balaban J connectivity index is 1.90. The van der Waals surface area contributed by atoms with Gasteiger partial charge in [0.05, 0.1) is 5.56 Å². The first-order valence-electron chi connectivity index (χ1n) is 7.31. The zero-order chi connectivity index (χ0) is 17.7. The van der Waals surface area contributed by atoms with Crippen LogP contribution in [0.5, 0.6) is 0 Å². The van der Waals surface area contributed by atoms with Gasteiger partial charge in [-0.05, 0) is 37.3 Å². The third-order valence-corrected chi connectivity index (χ3v) is 3.78. The number of quaternary nitrogens is 1.